The third kappa shape index (κ3) is 3.01. The van der Waals surface area contributed by atoms with Crippen LogP contribution in [0.3, 0.4) is 0 Å². The molecule has 1 aliphatic rings. The van der Waals surface area contributed by atoms with E-state index in [1.165, 1.54) is 23.1 Å². The first-order valence-electron chi connectivity index (χ1n) is 6.52. The predicted octanol–water partition coefficient (Wildman–Crippen LogP) is 0.864. The van der Waals surface area contributed by atoms with E-state index in [1.54, 1.807) is 13.0 Å². The number of carboxylic acid groups (broad SMARTS) is 1. The molecule has 1 aliphatic heterocycles. The summed E-state index contributed by atoms with van der Waals surface area (Å²) in [6.07, 6.45) is 0.146. The number of benzene rings is 1. The first-order valence-corrected chi connectivity index (χ1v) is 6.52. The lowest BCUT2D eigenvalue weighted by Crippen LogP contribution is -2.59. The molecular formula is C14H15FN2O4. The van der Waals surface area contributed by atoms with E-state index in [1.807, 2.05) is 0 Å². The van der Waals surface area contributed by atoms with Crippen molar-refractivity contribution in [2.24, 2.45) is 0 Å². The van der Waals surface area contributed by atoms with E-state index in [0.717, 1.165) is 4.90 Å². The van der Waals surface area contributed by atoms with Gasteiger partial charge in [0.1, 0.15) is 11.9 Å². The van der Waals surface area contributed by atoms with Crippen LogP contribution in [0, 0.1) is 5.82 Å². The van der Waals surface area contributed by atoms with Crippen LogP contribution >= 0.6 is 0 Å². The molecule has 0 aliphatic carbocycles. The number of hydrogen-bond acceptors (Lipinski definition) is 4. The summed E-state index contributed by atoms with van der Waals surface area (Å²) in [6.45, 7) is 1.29. The Morgan fingerprint density at radius 1 is 1.33 bits per heavy atom. The number of imide groups is 1. The molecule has 21 heavy (non-hydrogen) atoms. The summed E-state index contributed by atoms with van der Waals surface area (Å²) in [5.74, 6) is -2.86. The van der Waals surface area contributed by atoms with Crippen molar-refractivity contribution in [3.63, 3.8) is 0 Å². The maximum absolute atomic E-state index is 13.2. The number of rotatable bonds is 4. The van der Waals surface area contributed by atoms with Crippen LogP contribution in [0.1, 0.15) is 13.3 Å². The minimum atomic E-state index is -1.21. The van der Waals surface area contributed by atoms with Crippen LogP contribution in [0.2, 0.25) is 0 Å². The van der Waals surface area contributed by atoms with Crippen molar-refractivity contribution in [3.8, 4) is 0 Å². The van der Waals surface area contributed by atoms with Gasteiger partial charge < -0.3 is 10.0 Å². The van der Waals surface area contributed by atoms with Crippen molar-refractivity contribution in [1.82, 2.24) is 4.90 Å². The van der Waals surface area contributed by atoms with Crippen LogP contribution in [0.5, 0.6) is 0 Å². The van der Waals surface area contributed by atoms with Crippen molar-refractivity contribution >= 4 is 23.5 Å². The maximum Gasteiger partial charge on any atom is 0.326 e. The molecule has 0 radical (unpaired) electrons. The summed E-state index contributed by atoms with van der Waals surface area (Å²) >= 11 is 0. The highest BCUT2D eigenvalue weighted by molar-refractivity contribution is 6.05. The number of piperazine rings is 1. The van der Waals surface area contributed by atoms with E-state index in [-0.39, 0.29) is 19.5 Å². The largest absolute Gasteiger partial charge is 0.480 e. The van der Waals surface area contributed by atoms with Gasteiger partial charge in [-0.1, -0.05) is 13.0 Å². The number of nitrogens with zero attached hydrogens (tertiary/aromatic N) is 2. The Kier molecular flexibility index (Phi) is 4.21. The van der Waals surface area contributed by atoms with Gasteiger partial charge in [-0.3, -0.25) is 14.5 Å². The van der Waals surface area contributed by atoms with Crippen molar-refractivity contribution in [3.05, 3.63) is 30.1 Å². The van der Waals surface area contributed by atoms with E-state index in [4.69, 9.17) is 5.11 Å². The lowest BCUT2D eigenvalue weighted by Gasteiger charge is -2.36. The van der Waals surface area contributed by atoms with Gasteiger partial charge in [0.2, 0.25) is 11.8 Å². The topological polar surface area (TPSA) is 77.9 Å². The zero-order chi connectivity index (χ0) is 15.6. The van der Waals surface area contributed by atoms with Gasteiger partial charge in [0, 0.05) is 5.69 Å². The fourth-order valence-electron chi connectivity index (χ4n) is 2.34. The second-order valence-electron chi connectivity index (χ2n) is 4.76. The van der Waals surface area contributed by atoms with Crippen LogP contribution in [0.25, 0.3) is 0 Å². The fourth-order valence-corrected chi connectivity index (χ4v) is 2.34. The third-order valence-corrected chi connectivity index (χ3v) is 3.35. The van der Waals surface area contributed by atoms with E-state index >= 15 is 0 Å². The Morgan fingerprint density at radius 3 is 2.43 bits per heavy atom. The SMILES string of the molecule is CCC(C(=O)O)N1C(=O)CN(c2cccc(F)c2)CC1=O. The molecule has 7 heteroatoms. The second-order valence-corrected chi connectivity index (χ2v) is 4.76. The minimum absolute atomic E-state index is 0.146. The highest BCUT2D eigenvalue weighted by Gasteiger charge is 2.38. The van der Waals surface area contributed by atoms with Crippen LogP contribution in [-0.4, -0.2) is 46.9 Å². The number of anilines is 1. The van der Waals surface area contributed by atoms with Gasteiger partial charge in [0.25, 0.3) is 0 Å². The lowest BCUT2D eigenvalue weighted by atomic mass is 10.1. The molecule has 1 N–H and O–H groups in total. The van der Waals surface area contributed by atoms with Gasteiger partial charge in [0.05, 0.1) is 13.1 Å². The first-order chi connectivity index (χ1) is 9.93. The van der Waals surface area contributed by atoms with Crippen LogP contribution in [0.15, 0.2) is 24.3 Å². The van der Waals surface area contributed by atoms with Gasteiger partial charge in [-0.05, 0) is 24.6 Å². The van der Waals surface area contributed by atoms with Gasteiger partial charge >= 0.3 is 5.97 Å². The maximum atomic E-state index is 13.2. The second kappa shape index (κ2) is 5.90. The molecule has 112 valence electrons. The van der Waals surface area contributed by atoms with Gasteiger partial charge in [-0.2, -0.15) is 0 Å². The minimum Gasteiger partial charge on any atom is -0.480 e. The van der Waals surface area contributed by atoms with Crippen LogP contribution < -0.4 is 4.90 Å². The number of carbonyl (C=O) groups excluding carboxylic acids is 2. The first kappa shape index (κ1) is 15.0. The molecule has 1 heterocycles. The Balaban J connectivity index is 2.21. The summed E-state index contributed by atoms with van der Waals surface area (Å²) in [7, 11) is 0. The standard InChI is InChI=1S/C14H15FN2O4/c1-2-11(14(20)21)17-12(18)7-16(8-13(17)19)10-5-3-4-9(15)6-10/h3-6,11H,2,7-8H2,1H3,(H,20,21). The summed E-state index contributed by atoms with van der Waals surface area (Å²) in [5.41, 5.74) is 0.416. The Morgan fingerprint density at radius 2 is 1.95 bits per heavy atom. The smallest absolute Gasteiger partial charge is 0.326 e. The van der Waals surface area contributed by atoms with Crippen molar-refractivity contribution in [2.45, 2.75) is 19.4 Å². The Bertz CT molecular complexity index is 572. The molecule has 1 aromatic rings. The van der Waals surface area contributed by atoms with E-state index < -0.39 is 29.6 Å². The van der Waals surface area contributed by atoms with Crippen LogP contribution in [0.4, 0.5) is 10.1 Å². The van der Waals surface area contributed by atoms with E-state index in [9.17, 15) is 18.8 Å². The van der Waals surface area contributed by atoms with E-state index in [2.05, 4.69) is 0 Å². The molecule has 0 aromatic heterocycles. The van der Waals surface area contributed by atoms with Crippen LogP contribution in [-0.2, 0) is 14.4 Å². The molecule has 0 saturated carbocycles. The molecule has 0 spiro atoms. The average Bonchev–Trinajstić information content (AvgIpc) is 2.42. The average molecular weight is 294 g/mol. The lowest BCUT2D eigenvalue weighted by molar-refractivity contribution is -0.158. The monoisotopic (exact) mass is 294 g/mol. The highest BCUT2D eigenvalue weighted by atomic mass is 19.1. The molecule has 2 rings (SSSR count). The van der Waals surface area contributed by atoms with Crippen molar-refractivity contribution in [1.29, 1.82) is 0 Å². The molecule has 1 saturated heterocycles. The zero-order valence-electron chi connectivity index (χ0n) is 11.5. The molecule has 1 unspecified atom stereocenters. The zero-order valence-corrected chi connectivity index (χ0v) is 11.5. The Hall–Kier alpha value is -2.44. The molecule has 6 nitrogen and oxygen atoms in total. The predicted molar refractivity (Wildman–Crippen MR) is 72.2 cm³/mol. The van der Waals surface area contributed by atoms with Crippen molar-refractivity contribution < 1.29 is 23.9 Å². The normalized spacial score (nSPS) is 17.0. The number of amides is 2. The molecular weight excluding hydrogens is 279 g/mol. The summed E-state index contributed by atoms with van der Waals surface area (Å²) in [5, 5.41) is 9.07. The quantitative estimate of drug-likeness (QED) is 0.834. The molecule has 2 amide bonds. The number of aliphatic carboxylic acids is 1. The summed E-state index contributed by atoms with van der Waals surface area (Å²) < 4.78 is 13.2. The molecule has 1 aromatic carbocycles. The number of carboxylic acids is 1. The summed E-state index contributed by atoms with van der Waals surface area (Å²) in [6, 6.07) is 4.41. The number of carbonyl (C=O) groups is 3. The Labute approximate surface area is 120 Å². The highest BCUT2D eigenvalue weighted by Crippen LogP contribution is 2.20. The number of hydrogen-bond donors (Lipinski definition) is 1. The number of halogens is 1. The molecule has 1 fully saturated rings. The molecule has 0 bridgehead atoms. The van der Waals surface area contributed by atoms with Gasteiger partial charge in [-0.25, -0.2) is 9.18 Å². The van der Waals surface area contributed by atoms with Gasteiger partial charge in [-0.15, -0.1) is 0 Å². The molecule has 1 atom stereocenters. The van der Waals surface area contributed by atoms with Gasteiger partial charge in [0.15, 0.2) is 0 Å². The third-order valence-electron chi connectivity index (χ3n) is 3.35. The van der Waals surface area contributed by atoms with E-state index in [0.29, 0.717) is 5.69 Å². The fraction of sp³-hybridized carbons (Fsp3) is 0.357. The summed E-state index contributed by atoms with van der Waals surface area (Å²) in [4.78, 5) is 37.5. The van der Waals surface area contributed by atoms with Crippen molar-refractivity contribution in [2.75, 3.05) is 18.0 Å².